The molecule has 0 bridgehead atoms. The fraction of sp³-hybridized carbons (Fsp3) is 0.0222. The number of phenolic OH excluding ortho intramolecular Hbond substituents is 1. The maximum atomic E-state index is 11.4. The van der Waals surface area contributed by atoms with Crippen LogP contribution in [0.3, 0.4) is 0 Å². The molecule has 0 aliphatic heterocycles. The number of furan rings is 1. The van der Waals surface area contributed by atoms with E-state index in [4.69, 9.17) is 14.4 Å². The van der Waals surface area contributed by atoms with E-state index in [1.54, 1.807) is 0 Å². The molecule has 50 heavy (non-hydrogen) atoms. The summed E-state index contributed by atoms with van der Waals surface area (Å²) in [5.74, 6) is 0.218. The molecule has 0 spiro atoms. The van der Waals surface area contributed by atoms with Crippen LogP contribution in [-0.2, 0) is 21.1 Å². The standard InChI is InChI=1S/C45H29N2O2.Pt/c1-28-23-34(36-18-10-19-38-37-17-7-8-20-43(37)49-45(36)38)27-40(46-28)31-14-9-15-32(24-31)41-25-33(29-11-3-2-4-12-29)26-42(47-41)39-22-21-30-13-5-6-16-35(30)44(39)48;/h2-23,25-27,48H,1H3;/q-1;. The Labute approximate surface area is 304 Å². The van der Waals surface area contributed by atoms with Crippen LogP contribution in [-0.4, -0.2) is 15.1 Å². The van der Waals surface area contributed by atoms with Gasteiger partial charge in [0.05, 0.1) is 5.69 Å². The van der Waals surface area contributed by atoms with Crippen LogP contribution in [0.1, 0.15) is 5.69 Å². The van der Waals surface area contributed by atoms with E-state index in [9.17, 15) is 5.11 Å². The Morgan fingerprint density at radius 1 is 0.520 bits per heavy atom. The summed E-state index contributed by atoms with van der Waals surface area (Å²) in [5.41, 5.74) is 11.4. The molecule has 0 aliphatic rings. The minimum atomic E-state index is 0. The van der Waals surface area contributed by atoms with E-state index in [2.05, 4.69) is 60.7 Å². The van der Waals surface area contributed by atoms with Gasteiger partial charge >= 0.3 is 0 Å². The third kappa shape index (κ3) is 5.58. The largest absolute Gasteiger partial charge is 0.507 e. The molecule has 0 saturated carbocycles. The van der Waals surface area contributed by atoms with Crippen LogP contribution in [0, 0.1) is 13.0 Å². The molecule has 5 heteroatoms. The van der Waals surface area contributed by atoms with Crippen LogP contribution in [0.4, 0.5) is 0 Å². The number of aryl methyl sites for hydroxylation is 1. The van der Waals surface area contributed by atoms with Crippen LogP contribution in [0.25, 0.3) is 88.7 Å². The normalized spacial score (nSPS) is 11.2. The summed E-state index contributed by atoms with van der Waals surface area (Å²) in [5, 5.41) is 15.4. The van der Waals surface area contributed by atoms with Gasteiger partial charge in [0, 0.05) is 65.4 Å². The smallest absolute Gasteiger partial charge is 0.143 e. The average molecular weight is 825 g/mol. The molecule has 0 fully saturated rings. The minimum Gasteiger partial charge on any atom is -0.507 e. The van der Waals surface area contributed by atoms with Gasteiger partial charge in [-0.1, -0.05) is 120 Å². The van der Waals surface area contributed by atoms with E-state index in [1.165, 1.54) is 0 Å². The van der Waals surface area contributed by atoms with Gasteiger partial charge < -0.3 is 9.52 Å². The first kappa shape index (κ1) is 31.4. The number of aromatic hydroxyl groups is 1. The summed E-state index contributed by atoms with van der Waals surface area (Å²) < 4.78 is 6.37. The summed E-state index contributed by atoms with van der Waals surface area (Å²) in [7, 11) is 0. The van der Waals surface area contributed by atoms with Crippen molar-refractivity contribution in [2.75, 3.05) is 0 Å². The van der Waals surface area contributed by atoms with Crippen molar-refractivity contribution in [1.29, 1.82) is 0 Å². The summed E-state index contributed by atoms with van der Waals surface area (Å²) >= 11 is 0. The fourth-order valence-electron chi connectivity index (χ4n) is 6.77. The van der Waals surface area contributed by atoms with E-state index in [0.29, 0.717) is 11.3 Å². The molecule has 3 aromatic heterocycles. The van der Waals surface area contributed by atoms with Gasteiger partial charge in [-0.15, -0.1) is 24.3 Å². The van der Waals surface area contributed by atoms with Crippen molar-refractivity contribution in [2.24, 2.45) is 0 Å². The van der Waals surface area contributed by atoms with Gasteiger partial charge in [-0.05, 0) is 53.3 Å². The molecule has 0 aliphatic carbocycles. The minimum absolute atomic E-state index is 0. The predicted molar refractivity (Wildman–Crippen MR) is 199 cm³/mol. The molecule has 4 nitrogen and oxygen atoms in total. The van der Waals surface area contributed by atoms with Gasteiger partial charge in [0.1, 0.15) is 16.9 Å². The zero-order chi connectivity index (χ0) is 32.9. The zero-order valence-electron chi connectivity index (χ0n) is 27.0. The van der Waals surface area contributed by atoms with Crippen molar-refractivity contribution in [2.45, 2.75) is 6.92 Å². The number of aromatic nitrogens is 2. The summed E-state index contributed by atoms with van der Waals surface area (Å²) in [4.78, 5) is 10.1. The third-order valence-corrected chi connectivity index (χ3v) is 9.12. The first-order valence-corrected chi connectivity index (χ1v) is 16.3. The van der Waals surface area contributed by atoms with Gasteiger partial charge in [0.15, 0.2) is 0 Å². The van der Waals surface area contributed by atoms with E-state index in [0.717, 1.165) is 83.2 Å². The first-order valence-electron chi connectivity index (χ1n) is 16.3. The number of phenols is 1. The molecule has 242 valence electrons. The predicted octanol–water partition coefficient (Wildman–Crippen LogP) is 11.7. The SMILES string of the molecule is Cc1cc(-c2cccc3c2oc2ccccc23)cc(-c2[c-]c(-c3cc(-c4ccccc4)cc(-c4ccc5ccccc5c4O)n3)ccc2)n1.[Pt]. The van der Waals surface area contributed by atoms with Gasteiger partial charge in [-0.2, -0.15) is 0 Å². The Morgan fingerprint density at radius 2 is 1.18 bits per heavy atom. The first-order chi connectivity index (χ1) is 24.1. The second-order valence-electron chi connectivity index (χ2n) is 12.3. The van der Waals surface area contributed by atoms with Gasteiger partial charge in [0.2, 0.25) is 0 Å². The number of rotatable bonds is 5. The fourth-order valence-corrected chi connectivity index (χ4v) is 6.77. The third-order valence-electron chi connectivity index (χ3n) is 9.12. The number of hydrogen-bond acceptors (Lipinski definition) is 4. The van der Waals surface area contributed by atoms with Crippen LogP contribution >= 0.6 is 0 Å². The van der Waals surface area contributed by atoms with Crippen molar-refractivity contribution in [1.82, 2.24) is 9.97 Å². The Bertz CT molecular complexity index is 2700. The molecule has 0 amide bonds. The van der Waals surface area contributed by atoms with Crippen LogP contribution in [0.2, 0.25) is 0 Å². The molecule has 0 saturated heterocycles. The zero-order valence-corrected chi connectivity index (χ0v) is 29.3. The van der Waals surface area contributed by atoms with E-state index >= 15 is 0 Å². The molecule has 0 atom stereocenters. The monoisotopic (exact) mass is 824 g/mol. The number of pyridine rings is 2. The average Bonchev–Trinajstić information content (AvgIpc) is 3.54. The summed E-state index contributed by atoms with van der Waals surface area (Å²) in [6.07, 6.45) is 0. The quantitative estimate of drug-likeness (QED) is 0.176. The van der Waals surface area contributed by atoms with Gasteiger partial charge in [0.25, 0.3) is 0 Å². The van der Waals surface area contributed by atoms with Crippen molar-refractivity contribution >= 4 is 32.7 Å². The summed E-state index contributed by atoms with van der Waals surface area (Å²) in [6, 6.07) is 54.6. The molecular formula is C45H29N2O2Pt-. The van der Waals surface area contributed by atoms with E-state index in [1.807, 2.05) is 104 Å². The van der Waals surface area contributed by atoms with Crippen molar-refractivity contribution in [3.8, 4) is 61.8 Å². The number of fused-ring (bicyclic) bond motifs is 4. The topological polar surface area (TPSA) is 59.2 Å². The molecule has 6 aromatic carbocycles. The Morgan fingerprint density at radius 3 is 2.02 bits per heavy atom. The van der Waals surface area contributed by atoms with Crippen molar-refractivity contribution in [3.63, 3.8) is 0 Å². The van der Waals surface area contributed by atoms with Crippen LogP contribution in [0.5, 0.6) is 5.75 Å². The van der Waals surface area contributed by atoms with Crippen molar-refractivity contribution < 1.29 is 30.6 Å². The van der Waals surface area contributed by atoms with Crippen LogP contribution < -0.4 is 0 Å². The molecule has 9 rings (SSSR count). The van der Waals surface area contributed by atoms with Crippen LogP contribution in [0.15, 0.2) is 156 Å². The molecule has 1 N–H and O–H groups in total. The molecule has 3 heterocycles. The second-order valence-corrected chi connectivity index (χ2v) is 12.3. The maximum absolute atomic E-state index is 11.4. The molecule has 9 aromatic rings. The maximum Gasteiger partial charge on any atom is 0.143 e. The molecular weight excluding hydrogens is 796 g/mol. The Kier molecular flexibility index (Phi) is 8.10. The van der Waals surface area contributed by atoms with Gasteiger partial charge in [-0.25, -0.2) is 0 Å². The van der Waals surface area contributed by atoms with Crippen molar-refractivity contribution in [3.05, 3.63) is 163 Å². The Hall–Kier alpha value is -5.83. The van der Waals surface area contributed by atoms with E-state index in [-0.39, 0.29) is 26.8 Å². The number of benzene rings is 6. The number of nitrogens with zero attached hydrogens (tertiary/aromatic N) is 2. The summed E-state index contributed by atoms with van der Waals surface area (Å²) in [6.45, 7) is 2.02. The Balaban J connectivity index is 0.00000361. The van der Waals surface area contributed by atoms with Gasteiger partial charge in [-0.3, -0.25) is 9.97 Å². The number of hydrogen-bond donors (Lipinski definition) is 1. The molecule has 0 unspecified atom stereocenters. The second kappa shape index (κ2) is 12.9. The number of para-hydroxylation sites is 2. The van der Waals surface area contributed by atoms with E-state index < -0.39 is 0 Å². The molecule has 0 radical (unpaired) electrons.